The molecule has 0 amide bonds. The van der Waals surface area contributed by atoms with Gasteiger partial charge in [-0.05, 0) is 22.6 Å². The van der Waals surface area contributed by atoms with E-state index in [4.69, 9.17) is 4.74 Å². The second-order valence-electron chi connectivity index (χ2n) is 4.96. The van der Waals surface area contributed by atoms with E-state index in [0.717, 1.165) is 22.7 Å². The topological polar surface area (TPSA) is 21.8 Å². The number of ether oxygens (including phenoxy) is 1. The Hall–Kier alpha value is 0.788. The van der Waals surface area contributed by atoms with Crippen LogP contribution in [0.25, 0.3) is 0 Å². The summed E-state index contributed by atoms with van der Waals surface area (Å²) in [5.74, 6) is 0. The standard InChI is InChI=1S/C8H20OSi3.CH6OSi/c1-2-11-12(10)6-3-4-7-8(5-6)9-7;1-2-3/h6-8,12H,2-5,11H2,1,10H3;1,3H3. The van der Waals surface area contributed by atoms with Crippen LogP contribution in [0.5, 0.6) is 0 Å². The van der Waals surface area contributed by atoms with E-state index < -0.39 is 0 Å². The fraction of sp³-hybridized carbons (Fsp3) is 1.00. The lowest BCUT2D eigenvalue weighted by atomic mass is 10.0. The van der Waals surface area contributed by atoms with E-state index in [9.17, 15) is 0 Å². The van der Waals surface area contributed by atoms with Crippen LogP contribution in [-0.2, 0) is 9.16 Å². The molecule has 0 spiro atoms. The molecule has 1 saturated heterocycles. The molecule has 1 heterocycles. The van der Waals surface area contributed by atoms with Crippen molar-refractivity contribution < 1.29 is 9.16 Å². The van der Waals surface area contributed by atoms with Gasteiger partial charge in [-0.15, -0.1) is 0 Å². The highest BCUT2D eigenvalue weighted by Crippen LogP contribution is 2.42. The molecule has 1 saturated carbocycles. The first-order valence-electron chi connectivity index (χ1n) is 6.28. The molecule has 4 unspecified atom stereocenters. The molecule has 0 bridgehead atoms. The van der Waals surface area contributed by atoms with Crippen LogP contribution in [0.4, 0.5) is 0 Å². The average molecular weight is 279 g/mol. The van der Waals surface area contributed by atoms with E-state index in [1.54, 1.807) is 29.3 Å². The van der Waals surface area contributed by atoms with Gasteiger partial charge in [0.25, 0.3) is 0 Å². The zero-order valence-electron chi connectivity index (χ0n) is 10.7. The minimum atomic E-state index is -0.0975. The molecule has 2 rings (SSSR count). The Balaban J connectivity index is 0.000000337. The summed E-state index contributed by atoms with van der Waals surface area (Å²) in [4.78, 5) is 0. The minimum absolute atomic E-state index is 0.0975. The van der Waals surface area contributed by atoms with E-state index in [-0.39, 0.29) is 7.83 Å². The lowest BCUT2D eigenvalue weighted by Crippen LogP contribution is -2.32. The molecular formula is C9H26O2Si4. The van der Waals surface area contributed by atoms with Gasteiger partial charge in [-0.2, -0.15) is 0 Å². The van der Waals surface area contributed by atoms with Crippen molar-refractivity contribution >= 4 is 37.1 Å². The first-order valence-corrected chi connectivity index (χ1v) is 16.6. The van der Waals surface area contributed by atoms with Gasteiger partial charge in [-0.25, -0.2) is 0 Å². The Morgan fingerprint density at radius 3 is 2.67 bits per heavy atom. The summed E-state index contributed by atoms with van der Waals surface area (Å²) in [6, 6.07) is 1.58. The summed E-state index contributed by atoms with van der Waals surface area (Å²) >= 11 is 0. The Labute approximate surface area is 103 Å². The minimum Gasteiger partial charge on any atom is -0.431 e. The van der Waals surface area contributed by atoms with E-state index in [1.165, 1.54) is 18.4 Å². The lowest BCUT2D eigenvalue weighted by molar-refractivity contribution is 0.373. The first kappa shape index (κ1) is 13.9. The molecule has 2 fully saturated rings. The van der Waals surface area contributed by atoms with Gasteiger partial charge in [0.2, 0.25) is 0 Å². The summed E-state index contributed by atoms with van der Waals surface area (Å²) < 4.78 is 9.98. The van der Waals surface area contributed by atoms with Crippen LogP contribution in [0.1, 0.15) is 26.2 Å². The molecule has 1 aliphatic carbocycles. The van der Waals surface area contributed by atoms with Crippen LogP contribution in [0, 0.1) is 0 Å². The van der Waals surface area contributed by atoms with Crippen LogP contribution >= 0.6 is 0 Å². The number of rotatable bonds is 3. The molecular weight excluding hydrogens is 252 g/mol. The molecule has 4 atom stereocenters. The monoisotopic (exact) mass is 278 g/mol. The Kier molecular flexibility index (Phi) is 6.63. The second-order valence-corrected chi connectivity index (χ2v) is 25.2. The van der Waals surface area contributed by atoms with Gasteiger partial charge in [0.05, 0.1) is 12.2 Å². The molecule has 90 valence electrons. The molecule has 6 heteroatoms. The summed E-state index contributed by atoms with van der Waals surface area (Å²) in [6.45, 7) is 2.41. The number of hydrogen-bond acceptors (Lipinski definition) is 2. The molecule has 0 aromatic heterocycles. The third-order valence-corrected chi connectivity index (χ3v) is 21.8. The third kappa shape index (κ3) is 4.66. The maximum absolute atomic E-state index is 5.59. The molecule has 0 N–H and O–H groups in total. The maximum Gasteiger partial charge on any atom is 0.145 e. The van der Waals surface area contributed by atoms with E-state index in [1.807, 2.05) is 0 Å². The van der Waals surface area contributed by atoms with E-state index in [2.05, 4.69) is 11.3 Å². The molecule has 0 radical (unpaired) electrons. The Bertz CT molecular complexity index is 181. The number of epoxide rings is 1. The van der Waals surface area contributed by atoms with Crippen molar-refractivity contribution in [2.45, 2.75) is 50.0 Å². The highest BCUT2D eigenvalue weighted by atomic mass is 29.5. The van der Waals surface area contributed by atoms with E-state index >= 15 is 0 Å². The molecule has 2 aliphatic rings. The van der Waals surface area contributed by atoms with Crippen molar-refractivity contribution in [3.05, 3.63) is 0 Å². The van der Waals surface area contributed by atoms with Crippen molar-refractivity contribution in [1.82, 2.24) is 0 Å². The molecule has 0 aromatic carbocycles. The summed E-state index contributed by atoms with van der Waals surface area (Å²) in [5, 5.41) is 0. The fourth-order valence-electron chi connectivity index (χ4n) is 2.64. The quantitative estimate of drug-likeness (QED) is 0.459. The van der Waals surface area contributed by atoms with Crippen molar-refractivity contribution in [3.8, 4) is 0 Å². The van der Waals surface area contributed by atoms with Crippen LogP contribution in [0.3, 0.4) is 0 Å². The summed E-state index contributed by atoms with van der Waals surface area (Å²) in [7, 11) is 4.49. The molecule has 15 heavy (non-hydrogen) atoms. The van der Waals surface area contributed by atoms with Crippen LogP contribution < -0.4 is 0 Å². The van der Waals surface area contributed by atoms with Gasteiger partial charge >= 0.3 is 0 Å². The maximum atomic E-state index is 5.59. The van der Waals surface area contributed by atoms with Crippen LogP contribution in [-0.4, -0.2) is 56.4 Å². The smallest absolute Gasteiger partial charge is 0.145 e. The van der Waals surface area contributed by atoms with Crippen molar-refractivity contribution in [1.29, 1.82) is 0 Å². The highest BCUT2D eigenvalue weighted by Gasteiger charge is 2.44. The van der Waals surface area contributed by atoms with Gasteiger partial charge in [0.15, 0.2) is 0 Å². The largest absolute Gasteiger partial charge is 0.431 e. The second kappa shape index (κ2) is 7.18. The van der Waals surface area contributed by atoms with Gasteiger partial charge < -0.3 is 9.16 Å². The predicted octanol–water partition coefficient (Wildman–Crippen LogP) is -1.59. The summed E-state index contributed by atoms with van der Waals surface area (Å²) in [5.41, 5.74) is 1.23. The van der Waals surface area contributed by atoms with Crippen molar-refractivity contribution in [3.63, 3.8) is 0 Å². The number of hydrogen-bond donors (Lipinski definition) is 0. The van der Waals surface area contributed by atoms with Crippen molar-refractivity contribution in [2.24, 2.45) is 0 Å². The van der Waals surface area contributed by atoms with Crippen LogP contribution in [0.2, 0.25) is 11.6 Å². The third-order valence-electron chi connectivity index (χ3n) is 3.59. The van der Waals surface area contributed by atoms with Gasteiger partial charge in [-0.1, -0.05) is 24.9 Å². The van der Waals surface area contributed by atoms with E-state index in [0.29, 0.717) is 9.04 Å². The zero-order chi connectivity index (χ0) is 11.3. The highest BCUT2D eigenvalue weighted by molar-refractivity contribution is 7.35. The number of fused-ring (bicyclic) bond motifs is 1. The fourth-order valence-corrected chi connectivity index (χ4v) is 18.0. The molecule has 2 nitrogen and oxygen atoms in total. The lowest BCUT2D eigenvalue weighted by Gasteiger charge is -2.23. The SMILES string of the molecule is CC[SiH2][SiH]([SiH3])C1CCC2OC2C1.CO[SiH3]. The predicted molar refractivity (Wildman–Crippen MR) is 79.3 cm³/mol. The Morgan fingerprint density at radius 1 is 1.47 bits per heavy atom. The van der Waals surface area contributed by atoms with Crippen LogP contribution in [0.15, 0.2) is 0 Å². The van der Waals surface area contributed by atoms with Gasteiger partial charge in [0.1, 0.15) is 10.5 Å². The zero-order valence-corrected chi connectivity index (χ0v) is 17.2. The Morgan fingerprint density at radius 2 is 2.13 bits per heavy atom. The molecule has 1 aliphatic heterocycles. The summed E-state index contributed by atoms with van der Waals surface area (Å²) in [6.07, 6.45) is 5.93. The first-order chi connectivity index (χ1) is 7.22. The molecule has 0 aromatic rings. The van der Waals surface area contributed by atoms with Crippen molar-refractivity contribution in [2.75, 3.05) is 7.11 Å². The van der Waals surface area contributed by atoms with Gasteiger partial charge in [0, 0.05) is 24.0 Å². The van der Waals surface area contributed by atoms with Gasteiger partial charge in [-0.3, -0.25) is 0 Å². The normalized spacial score (nSPS) is 36.0. The average Bonchev–Trinajstić information content (AvgIpc) is 2.96.